The Kier molecular flexibility index (Phi) is 9.69. The zero-order valence-corrected chi connectivity index (χ0v) is 19.2. The van der Waals surface area contributed by atoms with Crippen molar-refractivity contribution in [3.05, 3.63) is 0 Å². The zero-order valence-electron chi connectivity index (χ0n) is 16.7. The minimum absolute atomic E-state index is 0.0161. The quantitative estimate of drug-likeness (QED) is 0.507. The number of hydrogen-bond acceptors (Lipinski definition) is 4. The van der Waals surface area contributed by atoms with Gasteiger partial charge in [-0.15, -0.1) is 0 Å². The van der Waals surface area contributed by atoms with E-state index in [0.717, 1.165) is 43.8 Å². The molecule has 0 unspecified atom stereocenters. The van der Waals surface area contributed by atoms with Crippen molar-refractivity contribution in [3.8, 4) is 0 Å². The molecule has 0 aromatic carbocycles. The van der Waals surface area contributed by atoms with E-state index in [0.29, 0.717) is 17.8 Å². The van der Waals surface area contributed by atoms with Crippen LogP contribution in [0.3, 0.4) is 0 Å². The average Bonchev–Trinajstić information content (AvgIpc) is 2.34. The Bertz CT molecular complexity index is 328. The molecule has 0 aromatic rings. The molecule has 24 heavy (non-hydrogen) atoms. The van der Waals surface area contributed by atoms with Gasteiger partial charge in [-0.25, -0.2) is 0 Å². The van der Waals surface area contributed by atoms with Gasteiger partial charge in [0.25, 0.3) is 0 Å². The van der Waals surface area contributed by atoms with Crippen LogP contribution in [0, 0.1) is 17.8 Å². The SMILES string of the molecule is CC(C)C[Si](CC(C)C)(CC(C)C)[O][Ti]([OH])([OH])[O]C1CCCCC1. The predicted molar refractivity (Wildman–Crippen MR) is 98.2 cm³/mol. The molecule has 0 aromatic heterocycles. The molecule has 0 bridgehead atoms. The van der Waals surface area contributed by atoms with Crippen LogP contribution in [0.25, 0.3) is 0 Å². The summed E-state index contributed by atoms with van der Waals surface area (Å²) in [5.41, 5.74) is 0. The first-order chi connectivity index (χ1) is 11.0. The van der Waals surface area contributed by atoms with E-state index in [1.54, 1.807) is 0 Å². The molecule has 0 heterocycles. The van der Waals surface area contributed by atoms with Gasteiger partial charge in [0.1, 0.15) is 0 Å². The van der Waals surface area contributed by atoms with Crippen molar-refractivity contribution in [2.75, 3.05) is 0 Å². The summed E-state index contributed by atoms with van der Waals surface area (Å²) in [6, 6.07) is 2.93. The summed E-state index contributed by atoms with van der Waals surface area (Å²) in [5, 5.41) is 0. The summed E-state index contributed by atoms with van der Waals surface area (Å²) < 4.78 is 33.4. The monoisotopic (exact) mass is 396 g/mol. The molecular formula is C18H40O4SiTi. The van der Waals surface area contributed by atoms with Crippen molar-refractivity contribution in [2.45, 2.75) is 97.9 Å². The van der Waals surface area contributed by atoms with Crippen LogP contribution in [0.1, 0.15) is 73.6 Å². The van der Waals surface area contributed by atoms with Crippen molar-refractivity contribution >= 4 is 8.32 Å². The summed E-state index contributed by atoms with van der Waals surface area (Å²) in [5.74, 6) is 1.51. The van der Waals surface area contributed by atoms with Crippen LogP contribution in [0.5, 0.6) is 0 Å². The van der Waals surface area contributed by atoms with Crippen molar-refractivity contribution in [2.24, 2.45) is 17.8 Å². The second-order valence-corrected chi connectivity index (χ2v) is 15.8. The summed E-state index contributed by atoms with van der Waals surface area (Å²) in [4.78, 5) is 0. The van der Waals surface area contributed by atoms with Gasteiger partial charge >= 0.3 is 156 Å². The van der Waals surface area contributed by atoms with Crippen LogP contribution in [0.2, 0.25) is 18.1 Å². The molecule has 1 fully saturated rings. The van der Waals surface area contributed by atoms with Gasteiger partial charge in [-0.05, 0) is 0 Å². The second kappa shape index (κ2) is 10.2. The molecule has 1 aliphatic carbocycles. The van der Waals surface area contributed by atoms with Crippen molar-refractivity contribution < 1.29 is 31.8 Å². The molecule has 2 N–H and O–H groups in total. The van der Waals surface area contributed by atoms with Crippen molar-refractivity contribution in [1.82, 2.24) is 0 Å². The third kappa shape index (κ3) is 8.93. The minimum atomic E-state index is -4.63. The zero-order chi connectivity index (χ0) is 18.4. The van der Waals surface area contributed by atoms with Crippen LogP contribution in [0.15, 0.2) is 0 Å². The first-order valence-electron chi connectivity index (χ1n) is 9.86. The molecule has 0 radical (unpaired) electrons. The Morgan fingerprint density at radius 1 is 0.833 bits per heavy atom. The van der Waals surface area contributed by atoms with Crippen LogP contribution in [-0.2, 0) is 24.5 Å². The number of hydrogen-bond donors (Lipinski definition) is 2. The van der Waals surface area contributed by atoms with Gasteiger partial charge in [-0.3, -0.25) is 0 Å². The summed E-state index contributed by atoms with van der Waals surface area (Å²) in [6.07, 6.45) is 5.32. The maximum absolute atomic E-state index is 10.7. The molecule has 0 amide bonds. The molecule has 1 saturated carbocycles. The van der Waals surface area contributed by atoms with E-state index in [1.807, 2.05) is 0 Å². The Labute approximate surface area is 155 Å². The van der Waals surface area contributed by atoms with E-state index in [2.05, 4.69) is 41.5 Å². The normalized spacial score (nSPS) is 18.1. The molecular weight excluding hydrogens is 356 g/mol. The molecule has 4 nitrogen and oxygen atoms in total. The molecule has 0 atom stereocenters. The summed E-state index contributed by atoms with van der Waals surface area (Å²) >= 11 is -4.63. The molecule has 144 valence electrons. The van der Waals surface area contributed by atoms with Gasteiger partial charge in [0, 0.05) is 0 Å². The molecule has 0 spiro atoms. The van der Waals surface area contributed by atoms with Gasteiger partial charge < -0.3 is 0 Å². The average molecular weight is 396 g/mol. The molecule has 0 aliphatic heterocycles. The predicted octanol–water partition coefficient (Wildman–Crippen LogP) is 5.06. The molecule has 6 heteroatoms. The third-order valence-electron chi connectivity index (χ3n) is 4.56. The second-order valence-electron chi connectivity index (χ2n) is 9.01. The van der Waals surface area contributed by atoms with E-state index >= 15 is 0 Å². The first-order valence-corrected chi connectivity index (χ1v) is 15.1. The number of rotatable bonds is 10. The van der Waals surface area contributed by atoms with Crippen LogP contribution < -0.4 is 0 Å². The van der Waals surface area contributed by atoms with Gasteiger partial charge in [-0.2, -0.15) is 0 Å². The first kappa shape index (κ1) is 22.8. The van der Waals surface area contributed by atoms with Gasteiger partial charge in [0.2, 0.25) is 0 Å². The van der Waals surface area contributed by atoms with Crippen molar-refractivity contribution in [3.63, 3.8) is 0 Å². The Hall–Kier alpha value is 0.771. The van der Waals surface area contributed by atoms with Gasteiger partial charge in [-0.1, -0.05) is 0 Å². The Balaban J connectivity index is 2.89. The van der Waals surface area contributed by atoms with E-state index < -0.39 is 26.5 Å². The van der Waals surface area contributed by atoms with Gasteiger partial charge in [0.15, 0.2) is 0 Å². The molecule has 1 rings (SSSR count). The van der Waals surface area contributed by atoms with E-state index in [1.165, 1.54) is 6.42 Å². The fourth-order valence-corrected chi connectivity index (χ4v) is 15.2. The summed E-state index contributed by atoms with van der Waals surface area (Å²) in [6.45, 7) is 13.2. The van der Waals surface area contributed by atoms with E-state index in [-0.39, 0.29) is 6.10 Å². The molecule has 1 aliphatic rings. The van der Waals surface area contributed by atoms with Crippen LogP contribution in [-0.4, -0.2) is 21.8 Å². The van der Waals surface area contributed by atoms with Crippen LogP contribution in [0.4, 0.5) is 0 Å². The van der Waals surface area contributed by atoms with Gasteiger partial charge in [0.05, 0.1) is 0 Å². The fourth-order valence-electron chi connectivity index (χ4n) is 4.31. The van der Waals surface area contributed by atoms with Crippen molar-refractivity contribution in [1.29, 1.82) is 0 Å². The van der Waals surface area contributed by atoms with E-state index in [9.17, 15) is 7.38 Å². The van der Waals surface area contributed by atoms with E-state index in [4.69, 9.17) is 6.33 Å². The Morgan fingerprint density at radius 2 is 1.25 bits per heavy atom. The fraction of sp³-hybridized carbons (Fsp3) is 1.00. The summed E-state index contributed by atoms with van der Waals surface area (Å²) in [7, 11) is -2.25. The van der Waals surface area contributed by atoms with Crippen LogP contribution >= 0.6 is 0 Å². The maximum atomic E-state index is 10.7. The molecule has 0 saturated heterocycles. The Morgan fingerprint density at radius 3 is 1.62 bits per heavy atom. The topological polar surface area (TPSA) is 58.9 Å². The standard InChI is InChI=1S/C12H27OSi.C6H11O.2H2O.Ti/c1-10(2)7-14(13,8-11(3)4)9-12(5)6;7-6-4-2-1-3-5-6;;;/h10-12H,7-9H2,1-6H3;6H,1-5H2;2*1H2;/q2*-1;;;+4/p-2. The third-order valence-corrected chi connectivity index (χ3v) is 14.2.